The first kappa shape index (κ1) is 24.9. The van der Waals surface area contributed by atoms with Crippen molar-refractivity contribution < 1.29 is 9.53 Å². The summed E-state index contributed by atoms with van der Waals surface area (Å²) in [6.07, 6.45) is 7.27. The maximum absolute atomic E-state index is 13.2. The van der Waals surface area contributed by atoms with E-state index in [-0.39, 0.29) is 29.7 Å². The Hall–Kier alpha value is -1.74. The number of piperidine rings is 1. The molecule has 0 spiro atoms. The summed E-state index contributed by atoms with van der Waals surface area (Å²) in [5.41, 5.74) is 1.48. The molecule has 9 heteroatoms. The molecule has 32 heavy (non-hydrogen) atoms. The van der Waals surface area contributed by atoms with Crippen molar-refractivity contribution in [3.05, 3.63) is 50.0 Å². The van der Waals surface area contributed by atoms with E-state index in [4.69, 9.17) is 16.3 Å². The smallest absolute Gasteiger partial charge is 0.261 e. The van der Waals surface area contributed by atoms with Crippen LogP contribution in [0.4, 0.5) is 0 Å². The average Bonchev–Trinajstić information content (AvgIpc) is 2.76. The van der Waals surface area contributed by atoms with Crippen molar-refractivity contribution >= 4 is 44.3 Å². The number of hydrogen-bond donors (Lipinski definition) is 2. The van der Waals surface area contributed by atoms with Crippen molar-refractivity contribution in [1.82, 2.24) is 20.2 Å². The van der Waals surface area contributed by atoms with Crippen LogP contribution in [0, 0.1) is 0 Å². The molecule has 2 heterocycles. The molecule has 1 fully saturated rings. The molecule has 2 N–H and O–H groups in total. The second kappa shape index (κ2) is 11.4. The fourth-order valence-corrected chi connectivity index (χ4v) is 4.66. The number of halogens is 2. The summed E-state index contributed by atoms with van der Waals surface area (Å²) in [6, 6.07) is 3.43. The number of ether oxygens (including phenoxy) is 1. The van der Waals surface area contributed by atoms with Crippen molar-refractivity contribution in [2.45, 2.75) is 64.3 Å². The highest BCUT2D eigenvalue weighted by atomic mass is 79.9. The Kier molecular flexibility index (Phi) is 8.87. The first-order valence-corrected chi connectivity index (χ1v) is 12.1. The minimum Gasteiger partial charge on any atom is -0.380 e. The first-order valence-electron chi connectivity index (χ1n) is 10.9. The fourth-order valence-electron chi connectivity index (χ4n) is 4.17. The topological polar surface area (TPSA) is 85.2 Å². The molecule has 3 rings (SSSR count). The molecule has 1 amide bonds. The Morgan fingerprint density at radius 2 is 2.28 bits per heavy atom. The van der Waals surface area contributed by atoms with E-state index in [9.17, 15) is 9.59 Å². The number of carbonyl (C=O) groups is 1. The molecule has 1 aromatic carbocycles. The van der Waals surface area contributed by atoms with E-state index in [1.54, 1.807) is 30.1 Å². The van der Waals surface area contributed by atoms with Crippen LogP contribution in [0.5, 0.6) is 0 Å². The van der Waals surface area contributed by atoms with Crippen molar-refractivity contribution in [3.63, 3.8) is 0 Å². The van der Waals surface area contributed by atoms with Gasteiger partial charge in [-0.3, -0.25) is 14.2 Å². The van der Waals surface area contributed by atoms with Gasteiger partial charge in [0.1, 0.15) is 0 Å². The minimum absolute atomic E-state index is 0.0808. The summed E-state index contributed by atoms with van der Waals surface area (Å²) in [6.45, 7) is 4.85. The Morgan fingerprint density at radius 3 is 2.97 bits per heavy atom. The maximum atomic E-state index is 13.2. The lowest BCUT2D eigenvalue weighted by molar-refractivity contribution is -0.119. The van der Waals surface area contributed by atoms with E-state index in [0.29, 0.717) is 33.4 Å². The zero-order valence-electron chi connectivity index (χ0n) is 18.7. The van der Waals surface area contributed by atoms with Crippen molar-refractivity contribution in [2.24, 2.45) is 0 Å². The van der Waals surface area contributed by atoms with Gasteiger partial charge in [-0.05, 0) is 60.3 Å². The van der Waals surface area contributed by atoms with E-state index in [2.05, 4.69) is 37.6 Å². The van der Waals surface area contributed by atoms with Crippen LogP contribution in [0.2, 0.25) is 5.02 Å². The summed E-state index contributed by atoms with van der Waals surface area (Å²) in [5.74, 6) is -0.0808. The molecule has 0 bridgehead atoms. The van der Waals surface area contributed by atoms with Crippen LogP contribution in [0.3, 0.4) is 0 Å². The third-order valence-electron chi connectivity index (χ3n) is 5.81. The highest BCUT2D eigenvalue weighted by Crippen LogP contribution is 2.26. The predicted octanol–water partition coefficient (Wildman–Crippen LogP) is 3.81. The van der Waals surface area contributed by atoms with Gasteiger partial charge in [-0.25, -0.2) is 4.98 Å². The summed E-state index contributed by atoms with van der Waals surface area (Å²) in [4.78, 5) is 29.3. The van der Waals surface area contributed by atoms with Gasteiger partial charge in [0.25, 0.3) is 5.56 Å². The first-order chi connectivity index (χ1) is 15.3. The molecule has 0 aliphatic carbocycles. The number of hydrogen-bond acceptors (Lipinski definition) is 5. The van der Waals surface area contributed by atoms with Crippen LogP contribution < -0.4 is 16.2 Å². The van der Waals surface area contributed by atoms with E-state index >= 15 is 0 Å². The lowest BCUT2D eigenvalue weighted by Gasteiger charge is -2.32. The minimum atomic E-state index is -0.150. The standard InChI is InChI=1S/C23H30BrClN4O3/c1-4-16(28-14(2)30)8-15(9-21-22(32-3)6-5-7-26-21)12-29-13-27-20-11-18(24)19(25)10-17(20)23(29)31/h8,10-11,13,16,21-22,26H,4-7,9,12H2,1-3H3,(H,28,30). The largest absolute Gasteiger partial charge is 0.380 e. The molecule has 1 aromatic heterocycles. The molecule has 2 aromatic rings. The van der Waals surface area contributed by atoms with Gasteiger partial charge in [-0.2, -0.15) is 0 Å². The normalized spacial score (nSPS) is 20.3. The van der Waals surface area contributed by atoms with Crippen LogP contribution >= 0.6 is 27.5 Å². The zero-order chi connectivity index (χ0) is 23.3. The van der Waals surface area contributed by atoms with E-state index in [1.165, 1.54) is 6.92 Å². The van der Waals surface area contributed by atoms with Gasteiger partial charge in [0, 0.05) is 37.1 Å². The van der Waals surface area contributed by atoms with E-state index < -0.39 is 0 Å². The van der Waals surface area contributed by atoms with E-state index in [0.717, 1.165) is 31.4 Å². The molecule has 0 radical (unpaired) electrons. The summed E-state index contributed by atoms with van der Waals surface area (Å²) >= 11 is 9.60. The second-order valence-electron chi connectivity index (χ2n) is 8.18. The third kappa shape index (κ3) is 6.19. The Bertz CT molecular complexity index is 1060. The van der Waals surface area contributed by atoms with Crippen LogP contribution in [0.25, 0.3) is 10.9 Å². The summed E-state index contributed by atoms with van der Waals surface area (Å²) < 4.78 is 8.00. The fraction of sp³-hybridized carbons (Fsp3) is 0.522. The molecular weight excluding hydrogens is 496 g/mol. The van der Waals surface area contributed by atoms with Crippen LogP contribution in [0.15, 0.2) is 39.4 Å². The maximum Gasteiger partial charge on any atom is 0.261 e. The zero-order valence-corrected chi connectivity index (χ0v) is 21.0. The number of nitrogens with zero attached hydrogens (tertiary/aromatic N) is 2. The second-order valence-corrected chi connectivity index (χ2v) is 9.44. The molecular formula is C23H30BrClN4O3. The average molecular weight is 526 g/mol. The monoisotopic (exact) mass is 524 g/mol. The predicted molar refractivity (Wildman–Crippen MR) is 131 cm³/mol. The number of carbonyl (C=O) groups excluding carboxylic acids is 1. The number of nitrogens with one attached hydrogen (secondary N) is 2. The molecule has 1 saturated heterocycles. The lowest BCUT2D eigenvalue weighted by Crippen LogP contribution is -2.46. The van der Waals surface area contributed by atoms with Gasteiger partial charge in [0.2, 0.25) is 5.91 Å². The van der Waals surface area contributed by atoms with Gasteiger partial charge in [-0.1, -0.05) is 30.2 Å². The summed E-state index contributed by atoms with van der Waals surface area (Å²) in [5, 5.41) is 7.46. The Labute approximate surface area is 201 Å². The van der Waals surface area contributed by atoms with Crippen molar-refractivity contribution in [1.29, 1.82) is 0 Å². The van der Waals surface area contributed by atoms with Crippen molar-refractivity contribution in [2.75, 3.05) is 13.7 Å². The molecule has 3 unspecified atom stereocenters. The summed E-state index contributed by atoms with van der Waals surface area (Å²) in [7, 11) is 1.74. The van der Waals surface area contributed by atoms with Gasteiger partial charge in [0.05, 0.1) is 28.4 Å². The van der Waals surface area contributed by atoms with Crippen LogP contribution in [-0.2, 0) is 16.1 Å². The Balaban J connectivity index is 1.95. The van der Waals surface area contributed by atoms with Gasteiger partial charge >= 0.3 is 0 Å². The highest BCUT2D eigenvalue weighted by molar-refractivity contribution is 9.10. The molecule has 7 nitrogen and oxygen atoms in total. The number of aromatic nitrogens is 2. The number of benzene rings is 1. The lowest BCUT2D eigenvalue weighted by atomic mass is 9.93. The Morgan fingerprint density at radius 1 is 1.50 bits per heavy atom. The number of amides is 1. The van der Waals surface area contributed by atoms with Gasteiger partial charge < -0.3 is 15.4 Å². The molecule has 1 aliphatic heterocycles. The molecule has 1 aliphatic rings. The van der Waals surface area contributed by atoms with E-state index in [1.807, 2.05) is 6.92 Å². The van der Waals surface area contributed by atoms with Gasteiger partial charge in [0.15, 0.2) is 0 Å². The molecule has 3 atom stereocenters. The van der Waals surface area contributed by atoms with Crippen molar-refractivity contribution in [3.8, 4) is 0 Å². The SMILES string of the molecule is CCC(C=C(CC1NCCCC1OC)Cn1cnc2cc(Br)c(Cl)cc2c1=O)NC(C)=O. The number of fused-ring (bicyclic) bond motifs is 1. The van der Waals surface area contributed by atoms with Gasteiger partial charge in [-0.15, -0.1) is 0 Å². The van der Waals surface area contributed by atoms with Crippen LogP contribution in [0.1, 0.15) is 39.5 Å². The highest BCUT2D eigenvalue weighted by Gasteiger charge is 2.26. The number of methoxy groups -OCH3 is 1. The van der Waals surface area contributed by atoms with Crippen LogP contribution in [-0.4, -0.2) is 47.3 Å². The molecule has 0 saturated carbocycles. The third-order valence-corrected chi connectivity index (χ3v) is 7.01. The quantitative estimate of drug-likeness (QED) is 0.512. The number of rotatable bonds is 8. The molecule has 174 valence electrons.